The van der Waals surface area contributed by atoms with Crippen LogP contribution in [0.15, 0.2) is 67.1 Å². The number of nitrogens with zero attached hydrogens (tertiary/aromatic N) is 4. The van der Waals surface area contributed by atoms with E-state index in [-0.39, 0.29) is 24.5 Å². The fourth-order valence-electron chi connectivity index (χ4n) is 5.84. The number of piperidine rings is 1. The lowest BCUT2D eigenvalue weighted by atomic mass is 9.81. The molecule has 2 aromatic carbocycles. The van der Waals surface area contributed by atoms with Gasteiger partial charge in [-0.05, 0) is 61.1 Å². The van der Waals surface area contributed by atoms with Crippen LogP contribution in [0.25, 0.3) is 11.0 Å². The average Bonchev–Trinajstić information content (AvgIpc) is 3.66. The summed E-state index contributed by atoms with van der Waals surface area (Å²) in [4.78, 5) is 29.6. The molecule has 0 saturated carbocycles. The molecule has 2 fully saturated rings. The van der Waals surface area contributed by atoms with Crippen molar-refractivity contribution in [3.05, 3.63) is 72.7 Å². The molecule has 0 radical (unpaired) electrons. The summed E-state index contributed by atoms with van der Waals surface area (Å²) in [5.41, 5.74) is 4.50. The Morgan fingerprint density at radius 1 is 1.00 bits per heavy atom. The predicted octanol–water partition coefficient (Wildman–Crippen LogP) is 4.80. The van der Waals surface area contributed by atoms with E-state index in [9.17, 15) is 9.90 Å². The summed E-state index contributed by atoms with van der Waals surface area (Å²) in [6, 6.07) is 17.7. The van der Waals surface area contributed by atoms with Gasteiger partial charge in [0, 0.05) is 50.6 Å². The van der Waals surface area contributed by atoms with Crippen LogP contribution in [-0.2, 0) is 0 Å². The molecule has 9 heteroatoms. The van der Waals surface area contributed by atoms with Gasteiger partial charge in [-0.1, -0.05) is 24.3 Å². The number of carbonyl (C=O) groups excluding carboxylic acids is 1. The highest BCUT2D eigenvalue weighted by Gasteiger charge is 2.31. The van der Waals surface area contributed by atoms with Crippen molar-refractivity contribution in [1.29, 1.82) is 0 Å². The van der Waals surface area contributed by atoms with Crippen LogP contribution in [0.1, 0.15) is 30.7 Å². The zero-order valence-corrected chi connectivity index (χ0v) is 21.3. The predicted molar refractivity (Wildman–Crippen MR) is 151 cm³/mol. The number of aromatic nitrogens is 3. The van der Waals surface area contributed by atoms with Gasteiger partial charge in [0.1, 0.15) is 17.8 Å². The fraction of sp³-hybridized carbons (Fsp3) is 0.345. The van der Waals surface area contributed by atoms with Crippen LogP contribution in [0.2, 0.25) is 0 Å². The average molecular weight is 512 g/mol. The molecular weight excluding hydrogens is 478 g/mol. The number of anilines is 4. The lowest BCUT2D eigenvalue weighted by molar-refractivity contribution is 0.184. The van der Waals surface area contributed by atoms with E-state index >= 15 is 0 Å². The van der Waals surface area contributed by atoms with E-state index in [0.717, 1.165) is 72.1 Å². The number of H-pyrrole nitrogens is 1. The van der Waals surface area contributed by atoms with Gasteiger partial charge in [0.15, 0.2) is 0 Å². The van der Waals surface area contributed by atoms with Gasteiger partial charge < -0.3 is 30.5 Å². The lowest BCUT2D eigenvalue weighted by Crippen LogP contribution is -2.41. The number of aliphatic hydroxyl groups excluding tert-OH is 1. The largest absolute Gasteiger partial charge is 0.396 e. The van der Waals surface area contributed by atoms with Crippen LogP contribution in [0.3, 0.4) is 0 Å². The topological polar surface area (TPSA) is 109 Å². The second kappa shape index (κ2) is 10.7. The number of urea groups is 1. The van der Waals surface area contributed by atoms with Crippen molar-refractivity contribution in [3.63, 3.8) is 0 Å². The molecular formula is C29H33N7O2. The van der Waals surface area contributed by atoms with E-state index in [4.69, 9.17) is 0 Å². The highest BCUT2D eigenvalue weighted by molar-refractivity contribution is 6.02. The summed E-state index contributed by atoms with van der Waals surface area (Å²) in [5.74, 6) is 1.13. The van der Waals surface area contributed by atoms with Gasteiger partial charge in [0.05, 0.1) is 16.8 Å². The van der Waals surface area contributed by atoms with Crippen molar-refractivity contribution in [2.24, 2.45) is 5.92 Å². The van der Waals surface area contributed by atoms with E-state index < -0.39 is 0 Å². The number of carbonyl (C=O) groups is 1. The molecule has 1 unspecified atom stereocenters. The second-order valence-corrected chi connectivity index (χ2v) is 10.1. The van der Waals surface area contributed by atoms with Crippen molar-refractivity contribution in [1.82, 2.24) is 15.0 Å². The number of fused-ring (bicyclic) bond motifs is 1. The summed E-state index contributed by atoms with van der Waals surface area (Å²) in [6.45, 7) is 3.68. The summed E-state index contributed by atoms with van der Waals surface area (Å²) < 4.78 is 0. The molecule has 4 heterocycles. The molecule has 0 spiro atoms. The van der Waals surface area contributed by atoms with Gasteiger partial charge in [-0.2, -0.15) is 0 Å². The first-order valence-electron chi connectivity index (χ1n) is 13.4. The van der Waals surface area contributed by atoms with E-state index in [2.05, 4.69) is 47.5 Å². The van der Waals surface area contributed by atoms with Crippen LogP contribution in [-0.4, -0.2) is 58.9 Å². The Kier molecular flexibility index (Phi) is 6.83. The Balaban J connectivity index is 1.19. The lowest BCUT2D eigenvalue weighted by Gasteiger charge is -2.39. The Morgan fingerprint density at radius 3 is 2.74 bits per heavy atom. The number of aromatic amines is 1. The number of hydrogen-bond donors (Lipinski definition) is 4. The molecule has 2 aromatic heterocycles. The van der Waals surface area contributed by atoms with Crippen molar-refractivity contribution < 1.29 is 9.90 Å². The molecule has 4 N–H and O–H groups in total. The van der Waals surface area contributed by atoms with E-state index in [1.54, 1.807) is 6.33 Å². The monoisotopic (exact) mass is 511 g/mol. The van der Waals surface area contributed by atoms with Crippen LogP contribution in [0.5, 0.6) is 0 Å². The number of rotatable bonds is 6. The standard InChI is InChI=1S/C29H33N7O2/c37-18-21-11-15-36(28-23-10-12-30-27(23)31-19-32-28)17-24(21)20-6-5-7-22(16-20)33-29(38)34-25-8-1-2-9-26(25)35-13-3-4-14-35/h1-2,5-10,12,16,19,21,24,37H,3-4,11,13-15,17-18H2,(H,30,31,32)(H2,33,34,38)/t21?,24-/m0/s1. The van der Waals surface area contributed by atoms with Gasteiger partial charge in [0.25, 0.3) is 0 Å². The van der Waals surface area contributed by atoms with Gasteiger partial charge in [-0.15, -0.1) is 0 Å². The van der Waals surface area contributed by atoms with Crippen molar-refractivity contribution in [2.45, 2.75) is 25.2 Å². The molecule has 2 amide bonds. The fourth-order valence-corrected chi connectivity index (χ4v) is 5.84. The number of nitrogens with one attached hydrogen (secondary N) is 3. The SMILES string of the molecule is O=C(Nc1cccc([C@@H]2CN(c3ncnc4[nH]ccc34)CCC2CO)c1)Nc1ccccc1N1CCCC1. The maximum Gasteiger partial charge on any atom is 0.323 e. The minimum atomic E-state index is -0.270. The molecule has 9 nitrogen and oxygen atoms in total. The van der Waals surface area contributed by atoms with Gasteiger partial charge in [-0.25, -0.2) is 14.8 Å². The first kappa shape index (κ1) is 24.2. The Hall–Kier alpha value is -4.11. The molecule has 6 rings (SSSR count). The number of hydrogen-bond acceptors (Lipinski definition) is 6. The van der Waals surface area contributed by atoms with Crippen LogP contribution < -0.4 is 20.4 Å². The number of benzene rings is 2. The molecule has 2 atom stereocenters. The zero-order chi connectivity index (χ0) is 25.9. The summed E-state index contributed by atoms with van der Waals surface area (Å²) >= 11 is 0. The van der Waals surface area contributed by atoms with E-state index in [1.165, 1.54) is 12.8 Å². The minimum Gasteiger partial charge on any atom is -0.396 e. The van der Waals surface area contributed by atoms with Crippen LogP contribution >= 0.6 is 0 Å². The molecule has 2 aliphatic heterocycles. The molecule has 2 aliphatic rings. The van der Waals surface area contributed by atoms with E-state index in [0.29, 0.717) is 0 Å². The Labute approximate surface area is 221 Å². The highest BCUT2D eigenvalue weighted by atomic mass is 16.3. The normalized spacial score (nSPS) is 19.6. The van der Waals surface area contributed by atoms with Gasteiger partial charge in [-0.3, -0.25) is 0 Å². The molecule has 0 bridgehead atoms. The second-order valence-electron chi connectivity index (χ2n) is 10.1. The number of amides is 2. The Bertz CT molecular complexity index is 1410. The summed E-state index contributed by atoms with van der Waals surface area (Å²) in [5, 5.41) is 17.2. The number of para-hydroxylation sites is 2. The minimum absolute atomic E-state index is 0.0958. The van der Waals surface area contributed by atoms with Gasteiger partial charge in [0.2, 0.25) is 0 Å². The zero-order valence-electron chi connectivity index (χ0n) is 21.3. The quantitative estimate of drug-likeness (QED) is 0.296. The molecule has 2 saturated heterocycles. The third-order valence-electron chi connectivity index (χ3n) is 7.79. The maximum atomic E-state index is 13.0. The number of aliphatic hydroxyl groups is 1. The van der Waals surface area contributed by atoms with E-state index in [1.807, 2.05) is 48.7 Å². The Morgan fingerprint density at radius 2 is 1.87 bits per heavy atom. The first-order valence-corrected chi connectivity index (χ1v) is 13.4. The highest BCUT2D eigenvalue weighted by Crippen LogP contribution is 2.36. The van der Waals surface area contributed by atoms with Crippen molar-refractivity contribution in [2.75, 3.05) is 53.2 Å². The smallest absolute Gasteiger partial charge is 0.323 e. The van der Waals surface area contributed by atoms with Crippen molar-refractivity contribution >= 4 is 39.9 Å². The maximum absolute atomic E-state index is 13.0. The summed E-state index contributed by atoms with van der Waals surface area (Å²) in [6.07, 6.45) is 6.67. The first-order chi connectivity index (χ1) is 18.7. The van der Waals surface area contributed by atoms with Crippen LogP contribution in [0.4, 0.5) is 27.7 Å². The third kappa shape index (κ3) is 4.89. The van der Waals surface area contributed by atoms with Crippen molar-refractivity contribution in [3.8, 4) is 0 Å². The molecule has 4 aromatic rings. The summed E-state index contributed by atoms with van der Waals surface area (Å²) in [7, 11) is 0. The van der Waals surface area contributed by atoms with Crippen LogP contribution in [0, 0.1) is 5.92 Å². The third-order valence-corrected chi connectivity index (χ3v) is 7.79. The molecule has 0 aliphatic carbocycles. The molecule has 38 heavy (non-hydrogen) atoms. The molecule has 196 valence electrons. The van der Waals surface area contributed by atoms with Gasteiger partial charge >= 0.3 is 6.03 Å².